The fraction of sp³-hybridized carbons (Fsp3) is 0.833. The van der Waals surface area contributed by atoms with Crippen molar-refractivity contribution >= 4 is 11.9 Å². The molecule has 0 aliphatic rings. The largest absolute Gasteiger partial charge is 0.465 e. The summed E-state index contributed by atoms with van der Waals surface area (Å²) in [7, 11) is 0. The van der Waals surface area contributed by atoms with E-state index in [1.165, 1.54) is 57.8 Å². The van der Waals surface area contributed by atoms with Gasteiger partial charge in [-0.15, -0.1) is 12.3 Å². The van der Waals surface area contributed by atoms with E-state index in [1.54, 1.807) is 13.8 Å². The molecule has 0 atom stereocenters. The van der Waals surface area contributed by atoms with Gasteiger partial charge >= 0.3 is 11.9 Å². The van der Waals surface area contributed by atoms with Gasteiger partial charge in [0.15, 0.2) is 5.41 Å². The van der Waals surface area contributed by atoms with Gasteiger partial charge in [0.1, 0.15) is 0 Å². The number of hydrogen-bond donors (Lipinski definition) is 0. The predicted octanol–water partition coefficient (Wildman–Crippen LogP) is 6.21. The Kier molecular flexibility index (Phi) is 16.6. The van der Waals surface area contributed by atoms with Crippen LogP contribution in [0.4, 0.5) is 0 Å². The van der Waals surface area contributed by atoms with E-state index in [4.69, 9.17) is 15.9 Å². The average Bonchev–Trinajstić information content (AvgIpc) is 2.68. The van der Waals surface area contributed by atoms with E-state index < -0.39 is 17.4 Å². The molecule has 0 aromatic rings. The molecule has 0 amide bonds. The van der Waals surface area contributed by atoms with E-state index in [9.17, 15) is 9.59 Å². The fourth-order valence-electron chi connectivity index (χ4n) is 3.50. The summed E-state index contributed by atoms with van der Waals surface area (Å²) >= 11 is 0. The SMILES string of the molecule is C#CCC(CCCCCCCCCCCCCC)(C(=O)OCC)C(=O)OCC. The first-order valence-corrected chi connectivity index (χ1v) is 11.4. The zero-order valence-electron chi connectivity index (χ0n) is 18.5. The van der Waals surface area contributed by atoms with Crippen LogP contribution in [0.15, 0.2) is 0 Å². The van der Waals surface area contributed by atoms with Gasteiger partial charge in [0.05, 0.1) is 13.2 Å². The van der Waals surface area contributed by atoms with E-state index >= 15 is 0 Å². The maximum atomic E-state index is 12.5. The van der Waals surface area contributed by atoms with E-state index in [-0.39, 0.29) is 19.6 Å². The first-order valence-electron chi connectivity index (χ1n) is 11.4. The lowest BCUT2D eigenvalue weighted by Gasteiger charge is -2.27. The summed E-state index contributed by atoms with van der Waals surface area (Å²) in [5.41, 5.74) is -1.35. The fourth-order valence-corrected chi connectivity index (χ4v) is 3.50. The Morgan fingerprint density at radius 3 is 1.46 bits per heavy atom. The molecule has 0 heterocycles. The number of unbranched alkanes of at least 4 members (excludes halogenated alkanes) is 11. The summed E-state index contributed by atoms with van der Waals surface area (Å²) in [4.78, 5) is 25.0. The molecule has 0 saturated heterocycles. The minimum atomic E-state index is -1.35. The van der Waals surface area contributed by atoms with Crippen molar-refractivity contribution in [2.75, 3.05) is 13.2 Å². The minimum Gasteiger partial charge on any atom is -0.465 e. The summed E-state index contributed by atoms with van der Waals surface area (Å²) in [6, 6.07) is 0. The van der Waals surface area contributed by atoms with Gasteiger partial charge in [-0.3, -0.25) is 9.59 Å². The van der Waals surface area contributed by atoms with Crippen molar-refractivity contribution in [3.05, 3.63) is 0 Å². The van der Waals surface area contributed by atoms with Crippen LogP contribution in [-0.2, 0) is 19.1 Å². The highest BCUT2D eigenvalue weighted by atomic mass is 16.6. The second-order valence-electron chi connectivity index (χ2n) is 7.54. The molecule has 0 unspecified atom stereocenters. The highest BCUT2D eigenvalue weighted by Gasteiger charge is 2.47. The molecule has 0 saturated carbocycles. The number of esters is 2. The molecular weight excluding hydrogens is 352 g/mol. The van der Waals surface area contributed by atoms with Gasteiger partial charge in [-0.2, -0.15) is 0 Å². The molecule has 0 rings (SSSR count). The standard InChI is InChI=1S/C24H42O4/c1-5-9-10-11-12-13-14-15-16-17-18-19-21-24(20-6-2,22(25)27-7-3)23(26)28-8-4/h2H,5,7-21H2,1,3-4H3. The Hall–Kier alpha value is -1.50. The molecule has 0 spiro atoms. The van der Waals surface area contributed by atoms with Crippen molar-refractivity contribution < 1.29 is 19.1 Å². The molecule has 0 fully saturated rings. The molecular formula is C24H42O4. The molecule has 162 valence electrons. The smallest absolute Gasteiger partial charge is 0.324 e. The van der Waals surface area contributed by atoms with Gasteiger partial charge in [0, 0.05) is 6.42 Å². The van der Waals surface area contributed by atoms with Gasteiger partial charge in [0.25, 0.3) is 0 Å². The van der Waals surface area contributed by atoms with Gasteiger partial charge in [-0.1, -0.05) is 84.0 Å². The molecule has 0 aromatic carbocycles. The Bertz CT molecular complexity index is 432. The molecule has 0 aliphatic carbocycles. The molecule has 0 bridgehead atoms. The van der Waals surface area contributed by atoms with Gasteiger partial charge in [-0.05, 0) is 20.3 Å². The second kappa shape index (κ2) is 17.6. The van der Waals surface area contributed by atoms with Gasteiger partial charge in [0.2, 0.25) is 0 Å². The van der Waals surface area contributed by atoms with Crippen molar-refractivity contribution in [1.82, 2.24) is 0 Å². The molecule has 4 heteroatoms. The van der Waals surface area contributed by atoms with E-state index in [0.29, 0.717) is 6.42 Å². The number of rotatable bonds is 18. The normalized spacial score (nSPS) is 11.1. The van der Waals surface area contributed by atoms with Gasteiger partial charge < -0.3 is 9.47 Å². The monoisotopic (exact) mass is 394 g/mol. The summed E-state index contributed by atoms with van der Waals surface area (Å²) < 4.78 is 10.3. The summed E-state index contributed by atoms with van der Waals surface area (Å²) in [5.74, 6) is 1.39. The number of carbonyl (C=O) groups is 2. The van der Waals surface area contributed by atoms with Crippen LogP contribution in [0.2, 0.25) is 0 Å². The molecule has 0 aliphatic heterocycles. The van der Waals surface area contributed by atoms with Crippen LogP contribution in [0, 0.1) is 17.8 Å². The lowest BCUT2D eigenvalue weighted by Crippen LogP contribution is -2.42. The van der Waals surface area contributed by atoms with Crippen LogP contribution in [0.1, 0.15) is 111 Å². The van der Waals surface area contributed by atoms with E-state index in [0.717, 1.165) is 19.3 Å². The lowest BCUT2D eigenvalue weighted by atomic mass is 9.79. The number of ether oxygens (including phenoxy) is 2. The zero-order chi connectivity index (χ0) is 21.1. The van der Waals surface area contributed by atoms with Gasteiger partial charge in [-0.25, -0.2) is 0 Å². The zero-order valence-corrected chi connectivity index (χ0v) is 18.5. The summed E-state index contributed by atoms with van der Waals surface area (Å²) in [5, 5.41) is 0. The van der Waals surface area contributed by atoms with Crippen molar-refractivity contribution in [1.29, 1.82) is 0 Å². The van der Waals surface area contributed by atoms with Crippen LogP contribution in [0.5, 0.6) is 0 Å². The van der Waals surface area contributed by atoms with Crippen LogP contribution in [0.3, 0.4) is 0 Å². The molecule has 4 nitrogen and oxygen atoms in total. The van der Waals surface area contributed by atoms with Crippen molar-refractivity contribution in [2.24, 2.45) is 5.41 Å². The average molecular weight is 395 g/mol. The van der Waals surface area contributed by atoms with E-state index in [1.807, 2.05) is 0 Å². The number of hydrogen-bond acceptors (Lipinski definition) is 4. The lowest BCUT2D eigenvalue weighted by molar-refractivity contribution is -0.172. The van der Waals surface area contributed by atoms with Crippen LogP contribution >= 0.6 is 0 Å². The van der Waals surface area contributed by atoms with Crippen LogP contribution < -0.4 is 0 Å². The first kappa shape index (κ1) is 26.5. The first-order chi connectivity index (χ1) is 13.6. The molecule has 0 radical (unpaired) electrons. The van der Waals surface area contributed by atoms with Crippen molar-refractivity contribution in [2.45, 2.75) is 111 Å². The number of carbonyl (C=O) groups excluding carboxylic acids is 2. The van der Waals surface area contributed by atoms with Crippen molar-refractivity contribution in [3.63, 3.8) is 0 Å². The predicted molar refractivity (Wildman–Crippen MR) is 115 cm³/mol. The highest BCUT2D eigenvalue weighted by Crippen LogP contribution is 2.33. The highest BCUT2D eigenvalue weighted by molar-refractivity contribution is 6.00. The third-order valence-electron chi connectivity index (χ3n) is 5.19. The Labute approximate surface area is 173 Å². The molecule has 0 aromatic heterocycles. The van der Waals surface area contributed by atoms with Crippen molar-refractivity contribution in [3.8, 4) is 12.3 Å². The summed E-state index contributed by atoms with van der Waals surface area (Å²) in [6.07, 6.45) is 20.6. The van der Waals surface area contributed by atoms with Crippen LogP contribution in [-0.4, -0.2) is 25.2 Å². The third kappa shape index (κ3) is 10.7. The minimum absolute atomic E-state index is 0.0305. The number of terminal acetylenes is 1. The molecule has 28 heavy (non-hydrogen) atoms. The maximum absolute atomic E-state index is 12.5. The Balaban J connectivity index is 4.22. The second-order valence-corrected chi connectivity index (χ2v) is 7.54. The topological polar surface area (TPSA) is 52.6 Å². The maximum Gasteiger partial charge on any atom is 0.324 e. The Morgan fingerprint density at radius 2 is 1.11 bits per heavy atom. The van der Waals surface area contributed by atoms with Crippen LogP contribution in [0.25, 0.3) is 0 Å². The van der Waals surface area contributed by atoms with E-state index in [2.05, 4.69) is 12.8 Å². The molecule has 0 N–H and O–H groups in total. The Morgan fingerprint density at radius 1 is 0.714 bits per heavy atom. The summed E-state index contributed by atoms with van der Waals surface area (Å²) in [6.45, 7) is 6.16. The quantitative estimate of drug-likeness (QED) is 0.120. The third-order valence-corrected chi connectivity index (χ3v) is 5.19.